The first-order valence-corrected chi connectivity index (χ1v) is 6.42. The minimum atomic E-state index is 0.699. The molecule has 2 aromatic rings. The maximum atomic E-state index is 4.40. The quantitative estimate of drug-likeness (QED) is 0.891. The highest BCUT2D eigenvalue weighted by Crippen LogP contribution is 2.20. The molecule has 3 rings (SSSR count). The standard InChI is InChI=1S/C15H17N3/c1-11-2-4-12(5-3-11)13-8-17-15(18-9-13)10-16-14-6-7-14/h2-5,8-9,14,16H,6-7,10H2,1H3. The first-order chi connectivity index (χ1) is 8.81. The lowest BCUT2D eigenvalue weighted by atomic mass is 10.1. The summed E-state index contributed by atoms with van der Waals surface area (Å²) in [5, 5.41) is 3.41. The summed E-state index contributed by atoms with van der Waals surface area (Å²) >= 11 is 0. The third kappa shape index (κ3) is 2.74. The fourth-order valence-electron chi connectivity index (χ4n) is 1.86. The zero-order valence-electron chi connectivity index (χ0n) is 10.6. The fourth-order valence-corrected chi connectivity index (χ4v) is 1.86. The Morgan fingerprint density at radius 3 is 2.33 bits per heavy atom. The molecule has 1 aliphatic carbocycles. The Morgan fingerprint density at radius 1 is 1.06 bits per heavy atom. The molecular weight excluding hydrogens is 222 g/mol. The Morgan fingerprint density at radius 2 is 1.72 bits per heavy atom. The van der Waals surface area contributed by atoms with Crippen LogP contribution in [0.5, 0.6) is 0 Å². The van der Waals surface area contributed by atoms with Gasteiger partial charge in [0.2, 0.25) is 0 Å². The van der Waals surface area contributed by atoms with Crippen LogP contribution in [0.25, 0.3) is 11.1 Å². The van der Waals surface area contributed by atoms with Gasteiger partial charge in [-0.25, -0.2) is 9.97 Å². The van der Waals surface area contributed by atoms with E-state index in [-0.39, 0.29) is 0 Å². The van der Waals surface area contributed by atoms with Crippen LogP contribution in [0.15, 0.2) is 36.7 Å². The number of nitrogens with one attached hydrogen (secondary N) is 1. The zero-order valence-corrected chi connectivity index (χ0v) is 10.6. The second-order valence-corrected chi connectivity index (χ2v) is 4.91. The summed E-state index contributed by atoms with van der Waals surface area (Å²) < 4.78 is 0. The number of hydrogen-bond donors (Lipinski definition) is 1. The highest BCUT2D eigenvalue weighted by molar-refractivity contribution is 5.61. The SMILES string of the molecule is Cc1ccc(-c2cnc(CNC3CC3)nc2)cc1. The van der Waals surface area contributed by atoms with Crippen molar-refractivity contribution in [2.24, 2.45) is 0 Å². The molecule has 1 aliphatic rings. The average Bonchev–Trinajstić information content (AvgIpc) is 3.22. The van der Waals surface area contributed by atoms with Gasteiger partial charge in [-0.05, 0) is 25.3 Å². The number of aromatic nitrogens is 2. The van der Waals surface area contributed by atoms with Gasteiger partial charge in [-0.1, -0.05) is 29.8 Å². The van der Waals surface area contributed by atoms with Crippen LogP contribution in [0.3, 0.4) is 0 Å². The van der Waals surface area contributed by atoms with Crippen LogP contribution in [-0.2, 0) is 6.54 Å². The number of hydrogen-bond acceptors (Lipinski definition) is 3. The number of benzene rings is 1. The van der Waals surface area contributed by atoms with Gasteiger partial charge in [0.1, 0.15) is 5.82 Å². The van der Waals surface area contributed by atoms with Gasteiger partial charge in [-0.15, -0.1) is 0 Å². The van der Waals surface area contributed by atoms with E-state index in [4.69, 9.17) is 0 Å². The predicted molar refractivity (Wildman–Crippen MR) is 72.1 cm³/mol. The van der Waals surface area contributed by atoms with E-state index in [2.05, 4.69) is 46.5 Å². The number of rotatable bonds is 4. The number of aryl methyl sites for hydroxylation is 1. The van der Waals surface area contributed by atoms with Gasteiger partial charge in [-0.2, -0.15) is 0 Å². The summed E-state index contributed by atoms with van der Waals surface area (Å²) in [6.07, 6.45) is 6.39. The first kappa shape index (κ1) is 11.4. The van der Waals surface area contributed by atoms with Crippen LogP contribution in [0, 0.1) is 6.92 Å². The Labute approximate surface area is 107 Å². The normalized spacial score (nSPS) is 14.7. The van der Waals surface area contributed by atoms with Gasteiger partial charge in [0.25, 0.3) is 0 Å². The fraction of sp³-hybridized carbons (Fsp3) is 0.333. The van der Waals surface area contributed by atoms with Gasteiger partial charge >= 0.3 is 0 Å². The Kier molecular flexibility index (Phi) is 3.07. The minimum Gasteiger partial charge on any atom is -0.307 e. The summed E-state index contributed by atoms with van der Waals surface area (Å²) in [6, 6.07) is 9.13. The van der Waals surface area contributed by atoms with Crippen molar-refractivity contribution in [2.45, 2.75) is 32.4 Å². The van der Waals surface area contributed by atoms with Crippen LogP contribution in [0.1, 0.15) is 24.2 Å². The molecule has 0 aliphatic heterocycles. The maximum absolute atomic E-state index is 4.40. The minimum absolute atomic E-state index is 0.699. The molecule has 0 saturated heterocycles. The van der Waals surface area contributed by atoms with E-state index < -0.39 is 0 Å². The number of nitrogens with zero attached hydrogens (tertiary/aromatic N) is 2. The van der Waals surface area contributed by atoms with E-state index in [9.17, 15) is 0 Å². The van der Waals surface area contributed by atoms with E-state index in [1.54, 1.807) is 0 Å². The van der Waals surface area contributed by atoms with Crippen LogP contribution in [0.4, 0.5) is 0 Å². The molecule has 18 heavy (non-hydrogen) atoms. The predicted octanol–water partition coefficient (Wildman–Crippen LogP) is 2.70. The molecule has 0 atom stereocenters. The molecule has 92 valence electrons. The van der Waals surface area contributed by atoms with Crippen molar-refractivity contribution in [3.63, 3.8) is 0 Å². The van der Waals surface area contributed by atoms with Gasteiger partial charge in [0.05, 0.1) is 6.54 Å². The summed E-state index contributed by atoms with van der Waals surface area (Å²) in [5.74, 6) is 0.873. The lowest BCUT2D eigenvalue weighted by Gasteiger charge is -2.04. The summed E-state index contributed by atoms with van der Waals surface area (Å²) in [6.45, 7) is 2.87. The van der Waals surface area contributed by atoms with Crippen molar-refractivity contribution in [1.82, 2.24) is 15.3 Å². The maximum Gasteiger partial charge on any atom is 0.141 e. The van der Waals surface area contributed by atoms with Gasteiger partial charge in [-0.3, -0.25) is 0 Å². The second kappa shape index (κ2) is 4.86. The van der Waals surface area contributed by atoms with Crippen molar-refractivity contribution in [3.05, 3.63) is 48.0 Å². The summed E-state index contributed by atoms with van der Waals surface area (Å²) in [4.78, 5) is 8.81. The molecule has 1 aromatic carbocycles. The van der Waals surface area contributed by atoms with Crippen molar-refractivity contribution < 1.29 is 0 Å². The first-order valence-electron chi connectivity index (χ1n) is 6.42. The van der Waals surface area contributed by atoms with Crippen molar-refractivity contribution in [2.75, 3.05) is 0 Å². The highest BCUT2D eigenvalue weighted by atomic mass is 15.0. The molecule has 1 saturated carbocycles. The molecule has 1 fully saturated rings. The molecule has 0 bridgehead atoms. The third-order valence-corrected chi connectivity index (χ3v) is 3.22. The van der Waals surface area contributed by atoms with Crippen LogP contribution in [-0.4, -0.2) is 16.0 Å². The van der Waals surface area contributed by atoms with E-state index in [1.165, 1.54) is 24.0 Å². The molecule has 0 amide bonds. The molecule has 1 heterocycles. The molecule has 0 spiro atoms. The monoisotopic (exact) mass is 239 g/mol. The molecule has 0 unspecified atom stereocenters. The van der Waals surface area contributed by atoms with Crippen molar-refractivity contribution in [1.29, 1.82) is 0 Å². The van der Waals surface area contributed by atoms with E-state index in [1.807, 2.05) is 12.4 Å². The second-order valence-electron chi connectivity index (χ2n) is 4.91. The van der Waals surface area contributed by atoms with Crippen molar-refractivity contribution in [3.8, 4) is 11.1 Å². The highest BCUT2D eigenvalue weighted by Gasteiger charge is 2.20. The molecule has 1 N–H and O–H groups in total. The van der Waals surface area contributed by atoms with Gasteiger partial charge in [0.15, 0.2) is 0 Å². The van der Waals surface area contributed by atoms with E-state index in [0.717, 1.165) is 17.9 Å². The lowest BCUT2D eigenvalue weighted by Crippen LogP contribution is -2.17. The molecule has 0 radical (unpaired) electrons. The van der Waals surface area contributed by atoms with Gasteiger partial charge in [0, 0.05) is 24.0 Å². The van der Waals surface area contributed by atoms with Crippen LogP contribution >= 0.6 is 0 Å². The Bertz CT molecular complexity index is 512. The Hall–Kier alpha value is -1.74. The lowest BCUT2D eigenvalue weighted by molar-refractivity contribution is 0.658. The van der Waals surface area contributed by atoms with Gasteiger partial charge < -0.3 is 5.32 Å². The van der Waals surface area contributed by atoms with E-state index in [0.29, 0.717) is 6.04 Å². The molecular formula is C15H17N3. The smallest absolute Gasteiger partial charge is 0.141 e. The Balaban J connectivity index is 1.71. The van der Waals surface area contributed by atoms with Crippen molar-refractivity contribution >= 4 is 0 Å². The largest absolute Gasteiger partial charge is 0.307 e. The average molecular weight is 239 g/mol. The summed E-state index contributed by atoms with van der Waals surface area (Å²) in [7, 11) is 0. The molecule has 3 nitrogen and oxygen atoms in total. The summed E-state index contributed by atoms with van der Waals surface area (Å²) in [5.41, 5.74) is 3.51. The molecule has 1 aromatic heterocycles. The van der Waals surface area contributed by atoms with Crippen LogP contribution < -0.4 is 5.32 Å². The van der Waals surface area contributed by atoms with Crippen LogP contribution in [0.2, 0.25) is 0 Å². The zero-order chi connectivity index (χ0) is 12.4. The topological polar surface area (TPSA) is 37.8 Å². The molecule has 3 heteroatoms. The van der Waals surface area contributed by atoms with E-state index >= 15 is 0 Å². The third-order valence-electron chi connectivity index (χ3n) is 3.22.